The molecule has 1 aromatic rings. The van der Waals surface area contributed by atoms with Crippen LogP contribution in [-0.4, -0.2) is 16.8 Å². The van der Waals surface area contributed by atoms with E-state index in [1.54, 1.807) is 0 Å². The van der Waals surface area contributed by atoms with Crippen molar-refractivity contribution in [2.24, 2.45) is 0 Å². The number of hydrogen-bond donors (Lipinski definition) is 0. The maximum atomic E-state index is 6.69. The first-order valence-electron chi connectivity index (χ1n) is 8.54. The van der Waals surface area contributed by atoms with Crippen molar-refractivity contribution in [3.63, 3.8) is 0 Å². The fourth-order valence-electron chi connectivity index (χ4n) is 4.88. The smallest absolute Gasteiger partial charge is 0.0978 e. The van der Waals surface area contributed by atoms with Crippen LogP contribution in [0.1, 0.15) is 63.9 Å². The van der Waals surface area contributed by atoms with Gasteiger partial charge in [-0.15, -0.1) is 0 Å². The molecule has 0 N–H and O–H groups in total. The van der Waals surface area contributed by atoms with Gasteiger partial charge in [-0.2, -0.15) is 0 Å². The van der Waals surface area contributed by atoms with E-state index < -0.39 is 0 Å². The Balaban J connectivity index is 1.58. The number of rotatable bonds is 3. The topological polar surface area (TPSA) is 18.5 Å². The molecule has 1 spiro atoms. The highest BCUT2D eigenvalue weighted by Gasteiger charge is 2.63. The Hall–Kier alpha value is -0.860. The molecule has 0 atom stereocenters. The molecule has 1 aromatic carbocycles. The van der Waals surface area contributed by atoms with Crippen molar-refractivity contribution in [2.75, 3.05) is 0 Å². The summed E-state index contributed by atoms with van der Waals surface area (Å²) >= 11 is 0. The maximum absolute atomic E-state index is 6.69. The van der Waals surface area contributed by atoms with Crippen molar-refractivity contribution in [1.29, 1.82) is 0 Å². The highest BCUT2D eigenvalue weighted by atomic mass is 16.6. The second-order valence-corrected chi connectivity index (χ2v) is 7.52. The van der Waals surface area contributed by atoms with Crippen LogP contribution in [0.2, 0.25) is 0 Å². The summed E-state index contributed by atoms with van der Waals surface area (Å²) in [6, 6.07) is 10.6. The molecular weight excluding hydrogens is 260 g/mol. The summed E-state index contributed by atoms with van der Waals surface area (Å²) in [6.07, 6.45) is 9.65. The first-order chi connectivity index (χ1) is 10.2. The average Bonchev–Trinajstić information content (AvgIpc) is 2.96. The summed E-state index contributed by atoms with van der Waals surface area (Å²) in [5.74, 6) is 0. The molecule has 2 saturated carbocycles. The normalized spacial score (nSPS) is 37.2. The standard InChI is InChI=1S/C19H26O2/c1-17-11-13-18(14-12-17,19(21-17)9-5-6-10-19)20-15-16-7-3-2-4-8-16/h2-4,7-8H,5-6,9-15H2,1H3. The van der Waals surface area contributed by atoms with Crippen LogP contribution in [0.15, 0.2) is 30.3 Å². The summed E-state index contributed by atoms with van der Waals surface area (Å²) < 4.78 is 13.3. The van der Waals surface area contributed by atoms with E-state index in [1.165, 1.54) is 44.1 Å². The molecule has 2 heteroatoms. The predicted molar refractivity (Wildman–Crippen MR) is 83.1 cm³/mol. The van der Waals surface area contributed by atoms with Crippen LogP contribution in [-0.2, 0) is 16.1 Å². The van der Waals surface area contributed by atoms with Crippen molar-refractivity contribution in [2.45, 2.75) is 81.7 Å². The maximum Gasteiger partial charge on any atom is 0.0978 e. The Morgan fingerprint density at radius 1 is 0.952 bits per heavy atom. The van der Waals surface area contributed by atoms with E-state index in [-0.39, 0.29) is 16.8 Å². The number of hydrogen-bond acceptors (Lipinski definition) is 2. The Labute approximate surface area is 127 Å². The van der Waals surface area contributed by atoms with Crippen LogP contribution in [0, 0.1) is 0 Å². The third-order valence-corrected chi connectivity index (χ3v) is 6.16. The molecule has 2 bridgehead atoms. The zero-order valence-electron chi connectivity index (χ0n) is 13.1. The fraction of sp³-hybridized carbons (Fsp3) is 0.684. The van der Waals surface area contributed by atoms with E-state index in [0.29, 0.717) is 0 Å². The third kappa shape index (κ3) is 2.15. The van der Waals surface area contributed by atoms with Gasteiger partial charge in [-0.05, 0) is 51.0 Å². The van der Waals surface area contributed by atoms with Crippen LogP contribution in [0.3, 0.4) is 0 Å². The van der Waals surface area contributed by atoms with Gasteiger partial charge in [0, 0.05) is 0 Å². The van der Waals surface area contributed by atoms with E-state index in [2.05, 4.69) is 37.3 Å². The van der Waals surface area contributed by atoms with Gasteiger partial charge in [-0.1, -0.05) is 43.2 Å². The molecule has 0 amide bonds. The van der Waals surface area contributed by atoms with E-state index in [1.807, 2.05) is 0 Å². The van der Waals surface area contributed by atoms with Gasteiger partial charge < -0.3 is 9.47 Å². The first kappa shape index (κ1) is 13.8. The van der Waals surface area contributed by atoms with E-state index in [0.717, 1.165) is 19.4 Å². The molecule has 4 aliphatic rings. The van der Waals surface area contributed by atoms with Crippen LogP contribution in [0.25, 0.3) is 0 Å². The van der Waals surface area contributed by atoms with Gasteiger partial charge in [0.15, 0.2) is 0 Å². The van der Waals surface area contributed by atoms with E-state index in [4.69, 9.17) is 9.47 Å². The largest absolute Gasteiger partial charge is 0.367 e. The molecule has 114 valence electrons. The summed E-state index contributed by atoms with van der Waals surface area (Å²) in [5, 5.41) is 0. The zero-order valence-corrected chi connectivity index (χ0v) is 13.1. The van der Waals surface area contributed by atoms with Crippen molar-refractivity contribution < 1.29 is 9.47 Å². The van der Waals surface area contributed by atoms with Crippen LogP contribution in [0.4, 0.5) is 0 Å². The minimum Gasteiger partial charge on any atom is -0.367 e. The first-order valence-corrected chi connectivity index (χ1v) is 8.54. The molecule has 0 unspecified atom stereocenters. The molecule has 2 heterocycles. The van der Waals surface area contributed by atoms with Gasteiger partial charge >= 0.3 is 0 Å². The second kappa shape index (κ2) is 4.82. The minimum atomic E-state index is -0.0307. The highest BCUT2D eigenvalue weighted by Crippen LogP contribution is 2.59. The molecule has 21 heavy (non-hydrogen) atoms. The number of ether oxygens (including phenoxy) is 2. The monoisotopic (exact) mass is 286 g/mol. The average molecular weight is 286 g/mol. The van der Waals surface area contributed by atoms with Crippen molar-refractivity contribution in [3.8, 4) is 0 Å². The molecule has 5 rings (SSSR count). The zero-order chi connectivity index (χ0) is 14.4. The molecular formula is C19H26O2. The summed E-state index contributed by atoms with van der Waals surface area (Å²) in [4.78, 5) is 0. The lowest BCUT2D eigenvalue weighted by atomic mass is 9.63. The number of fused-ring (bicyclic) bond motifs is 2. The summed E-state index contributed by atoms with van der Waals surface area (Å²) in [5.41, 5.74) is 1.37. The molecule has 0 aromatic heterocycles. The lowest BCUT2D eigenvalue weighted by molar-refractivity contribution is -0.325. The summed E-state index contributed by atoms with van der Waals surface area (Å²) in [6.45, 7) is 3.04. The molecule has 4 fully saturated rings. The van der Waals surface area contributed by atoms with Gasteiger partial charge in [-0.3, -0.25) is 0 Å². The van der Waals surface area contributed by atoms with Gasteiger partial charge in [0.25, 0.3) is 0 Å². The van der Waals surface area contributed by atoms with Crippen LogP contribution >= 0.6 is 0 Å². The van der Waals surface area contributed by atoms with Crippen LogP contribution in [0.5, 0.6) is 0 Å². The third-order valence-electron chi connectivity index (χ3n) is 6.16. The van der Waals surface area contributed by atoms with Gasteiger partial charge in [0.2, 0.25) is 0 Å². The minimum absolute atomic E-state index is 0.00697. The lowest BCUT2D eigenvalue weighted by Gasteiger charge is -2.62. The van der Waals surface area contributed by atoms with Gasteiger partial charge in [-0.25, -0.2) is 0 Å². The quantitative estimate of drug-likeness (QED) is 0.807. The van der Waals surface area contributed by atoms with Crippen molar-refractivity contribution >= 4 is 0 Å². The Morgan fingerprint density at radius 3 is 2.29 bits per heavy atom. The van der Waals surface area contributed by atoms with Gasteiger partial charge in [0.05, 0.1) is 23.4 Å². The Morgan fingerprint density at radius 2 is 1.62 bits per heavy atom. The molecule has 2 aliphatic heterocycles. The molecule has 2 saturated heterocycles. The van der Waals surface area contributed by atoms with E-state index >= 15 is 0 Å². The van der Waals surface area contributed by atoms with Crippen molar-refractivity contribution in [1.82, 2.24) is 0 Å². The highest BCUT2D eigenvalue weighted by molar-refractivity contribution is 5.17. The second-order valence-electron chi connectivity index (χ2n) is 7.52. The van der Waals surface area contributed by atoms with Crippen molar-refractivity contribution in [3.05, 3.63) is 35.9 Å². The Kier molecular flexibility index (Phi) is 3.16. The molecule has 0 radical (unpaired) electrons. The molecule has 2 nitrogen and oxygen atoms in total. The fourth-order valence-corrected chi connectivity index (χ4v) is 4.88. The SMILES string of the molecule is CC12CCC(OCc3ccccc3)(CC1)C1(CCCC1)O2. The molecule has 2 aliphatic carbocycles. The predicted octanol–water partition coefficient (Wildman–Crippen LogP) is 4.62. The summed E-state index contributed by atoms with van der Waals surface area (Å²) in [7, 11) is 0. The van der Waals surface area contributed by atoms with Gasteiger partial charge in [0.1, 0.15) is 0 Å². The number of benzene rings is 1. The Bertz CT molecular complexity index is 494. The van der Waals surface area contributed by atoms with E-state index in [9.17, 15) is 0 Å². The van der Waals surface area contributed by atoms with Crippen LogP contribution < -0.4 is 0 Å². The lowest BCUT2D eigenvalue weighted by Crippen LogP contribution is -2.67.